The first kappa shape index (κ1) is 29.8. The van der Waals surface area contributed by atoms with Crippen molar-refractivity contribution in [1.29, 1.82) is 0 Å². The van der Waals surface area contributed by atoms with Crippen LogP contribution in [-0.4, -0.2) is 78.4 Å². The number of esters is 1. The maximum atomic E-state index is 14.5. The maximum absolute atomic E-state index is 14.5. The molecule has 40 heavy (non-hydrogen) atoms. The number of carbonyl (C=O) groups excluding carboxylic acids is 3. The molecule has 2 bridgehead atoms. The zero-order valence-electron chi connectivity index (χ0n) is 23.7. The van der Waals surface area contributed by atoms with E-state index in [2.05, 4.69) is 13.2 Å². The van der Waals surface area contributed by atoms with Crippen LogP contribution in [0.2, 0.25) is 0 Å². The lowest BCUT2D eigenvalue weighted by molar-refractivity contribution is -0.161. The van der Waals surface area contributed by atoms with Crippen molar-refractivity contribution >= 4 is 23.5 Å². The third kappa shape index (κ3) is 5.05. The molecule has 3 aliphatic heterocycles. The Balaban J connectivity index is 1.70. The Kier molecular flexibility index (Phi) is 9.36. The number of amides is 2. The summed E-state index contributed by atoms with van der Waals surface area (Å²) in [7, 11) is 1.57. The van der Waals surface area contributed by atoms with Gasteiger partial charge in [-0.2, -0.15) is 0 Å². The molecule has 4 rings (SSSR count). The van der Waals surface area contributed by atoms with E-state index >= 15 is 0 Å². The number of carbonyl (C=O) groups is 3. The lowest BCUT2D eigenvalue weighted by atomic mass is 9.65. The van der Waals surface area contributed by atoms with Gasteiger partial charge in [0.1, 0.15) is 23.3 Å². The van der Waals surface area contributed by atoms with Crippen LogP contribution in [0.3, 0.4) is 0 Å². The Hall–Kier alpha value is -3.17. The van der Waals surface area contributed by atoms with E-state index in [1.807, 2.05) is 13.0 Å². The molecule has 3 aliphatic rings. The molecule has 0 radical (unpaired) electrons. The summed E-state index contributed by atoms with van der Waals surface area (Å²) in [5.74, 6) is -1.98. The Labute approximate surface area is 236 Å². The maximum Gasteiger partial charge on any atom is 0.312 e. The number of unbranched alkanes of at least 4 members (excludes halogenated alkanes) is 2. The fourth-order valence-electron chi connectivity index (χ4n) is 6.85. The number of hydrogen-bond acceptors (Lipinski definition) is 7. The fourth-order valence-corrected chi connectivity index (χ4v) is 6.85. The minimum Gasteiger partial charge on any atom is -0.497 e. The first-order chi connectivity index (χ1) is 19.3. The highest BCUT2D eigenvalue weighted by atomic mass is 16.6. The minimum atomic E-state index is -1.15. The number of likely N-dealkylation sites (tertiary alicyclic amines) is 1. The van der Waals surface area contributed by atoms with Crippen molar-refractivity contribution in [3.05, 3.63) is 49.6 Å². The number of nitrogens with zero attached hydrogens (tertiary/aromatic N) is 2. The quantitative estimate of drug-likeness (QED) is 0.200. The van der Waals surface area contributed by atoms with Crippen molar-refractivity contribution in [3.8, 4) is 5.75 Å². The molecule has 9 nitrogen and oxygen atoms in total. The van der Waals surface area contributed by atoms with Gasteiger partial charge < -0.3 is 29.1 Å². The summed E-state index contributed by atoms with van der Waals surface area (Å²) in [6.07, 6.45) is 7.75. The average molecular weight is 555 g/mol. The van der Waals surface area contributed by atoms with Crippen molar-refractivity contribution < 1.29 is 33.7 Å². The van der Waals surface area contributed by atoms with E-state index in [1.54, 1.807) is 42.4 Å². The van der Waals surface area contributed by atoms with Gasteiger partial charge in [-0.05, 0) is 69.2 Å². The molecule has 5 atom stereocenters. The second-order valence-corrected chi connectivity index (χ2v) is 10.8. The van der Waals surface area contributed by atoms with Crippen LogP contribution in [-0.2, 0) is 23.9 Å². The largest absolute Gasteiger partial charge is 0.497 e. The summed E-state index contributed by atoms with van der Waals surface area (Å²) in [6, 6.07) is 6.17. The Morgan fingerprint density at radius 3 is 2.55 bits per heavy atom. The number of fused-ring (bicyclic) bond motifs is 1. The molecule has 3 saturated heterocycles. The van der Waals surface area contributed by atoms with E-state index < -0.39 is 35.0 Å². The number of rotatable bonds is 15. The van der Waals surface area contributed by atoms with Crippen molar-refractivity contribution in [2.75, 3.05) is 38.3 Å². The minimum absolute atomic E-state index is 0.132. The highest BCUT2D eigenvalue weighted by Crippen LogP contribution is 2.64. The molecule has 9 heteroatoms. The normalized spacial score (nSPS) is 28.3. The van der Waals surface area contributed by atoms with E-state index in [-0.39, 0.29) is 38.1 Å². The third-order valence-electron chi connectivity index (χ3n) is 8.73. The summed E-state index contributed by atoms with van der Waals surface area (Å²) in [5, 5.41) is 9.60. The standard InChI is InChI=1S/C31H42N2O7/c1-5-8-9-10-21-39-29(37)25-24-27(35)33(19-11-20-34)26(31(24)17-16-30(25,7-3)40-31)28(36)32(18-6-2)22-12-14-23(38-4)15-13-22/h5-6,12-15,24-26,34H,1-2,7-11,16-21H2,3-4H3/t24-,25+,26?,30-,31?/m0/s1. The second kappa shape index (κ2) is 12.6. The topological polar surface area (TPSA) is 106 Å². The van der Waals surface area contributed by atoms with Crippen molar-refractivity contribution in [2.24, 2.45) is 11.8 Å². The summed E-state index contributed by atoms with van der Waals surface area (Å²) in [5.41, 5.74) is -1.38. The number of benzene rings is 1. The van der Waals surface area contributed by atoms with Gasteiger partial charge in [0.05, 0.1) is 25.2 Å². The second-order valence-electron chi connectivity index (χ2n) is 10.8. The summed E-state index contributed by atoms with van der Waals surface area (Å²) in [6.45, 7) is 10.1. The van der Waals surface area contributed by atoms with Crippen LogP contribution in [0.5, 0.6) is 5.75 Å². The first-order valence-electron chi connectivity index (χ1n) is 14.3. The van der Waals surface area contributed by atoms with Gasteiger partial charge in [0.25, 0.3) is 5.91 Å². The van der Waals surface area contributed by atoms with Gasteiger partial charge >= 0.3 is 5.97 Å². The van der Waals surface area contributed by atoms with Gasteiger partial charge in [0.15, 0.2) is 0 Å². The van der Waals surface area contributed by atoms with Crippen LogP contribution in [0.1, 0.15) is 51.9 Å². The van der Waals surface area contributed by atoms with Crippen LogP contribution in [0.25, 0.3) is 0 Å². The number of ether oxygens (including phenoxy) is 3. The van der Waals surface area contributed by atoms with Crippen molar-refractivity contribution in [2.45, 2.75) is 69.1 Å². The van der Waals surface area contributed by atoms with Crippen molar-refractivity contribution in [3.63, 3.8) is 0 Å². The Morgan fingerprint density at radius 2 is 1.93 bits per heavy atom. The van der Waals surface area contributed by atoms with Crippen LogP contribution in [0.15, 0.2) is 49.6 Å². The molecule has 218 valence electrons. The molecular weight excluding hydrogens is 512 g/mol. The smallest absolute Gasteiger partial charge is 0.312 e. The predicted molar refractivity (Wildman–Crippen MR) is 151 cm³/mol. The van der Waals surface area contributed by atoms with E-state index in [0.717, 1.165) is 12.8 Å². The van der Waals surface area contributed by atoms with Gasteiger partial charge in [-0.15, -0.1) is 13.2 Å². The number of hydrogen-bond donors (Lipinski definition) is 1. The molecule has 0 aromatic heterocycles. The number of methoxy groups -OCH3 is 1. The van der Waals surface area contributed by atoms with E-state index in [1.165, 1.54) is 4.90 Å². The predicted octanol–water partition coefficient (Wildman–Crippen LogP) is 3.65. The lowest BCUT2D eigenvalue weighted by Gasteiger charge is -2.37. The molecule has 0 aliphatic carbocycles. The number of anilines is 1. The molecular formula is C31H42N2O7. The number of aliphatic hydroxyl groups excluding tert-OH is 1. The number of allylic oxidation sites excluding steroid dienone is 1. The van der Waals surface area contributed by atoms with E-state index in [4.69, 9.17) is 14.2 Å². The third-order valence-corrected chi connectivity index (χ3v) is 8.73. The Morgan fingerprint density at radius 1 is 1.18 bits per heavy atom. The fraction of sp³-hybridized carbons (Fsp3) is 0.581. The zero-order chi connectivity index (χ0) is 28.9. The first-order valence-corrected chi connectivity index (χ1v) is 14.3. The summed E-state index contributed by atoms with van der Waals surface area (Å²) in [4.78, 5) is 45.3. The Bertz CT molecular complexity index is 1110. The summed E-state index contributed by atoms with van der Waals surface area (Å²) >= 11 is 0. The van der Waals surface area contributed by atoms with E-state index in [9.17, 15) is 19.5 Å². The SMILES string of the molecule is C=CCCCCOC(=O)[C@H]1[C@H]2C(=O)N(CCCO)C(C(=O)N(CC=C)c3ccc(OC)cc3)C23CC[C@]1(CC)O3. The van der Waals surface area contributed by atoms with Gasteiger partial charge in [-0.1, -0.05) is 19.1 Å². The van der Waals surface area contributed by atoms with Gasteiger partial charge in [-0.25, -0.2) is 0 Å². The zero-order valence-corrected chi connectivity index (χ0v) is 23.7. The van der Waals surface area contributed by atoms with Crippen LogP contribution < -0.4 is 9.64 Å². The molecule has 0 saturated carbocycles. The number of aliphatic hydroxyl groups is 1. The van der Waals surface area contributed by atoms with Crippen LogP contribution in [0, 0.1) is 11.8 Å². The molecule has 1 aromatic rings. The lowest BCUT2D eigenvalue weighted by Crippen LogP contribution is -2.56. The molecule has 1 aromatic carbocycles. The molecule has 1 spiro atoms. The van der Waals surface area contributed by atoms with Crippen LogP contribution >= 0.6 is 0 Å². The van der Waals surface area contributed by atoms with Gasteiger partial charge in [0, 0.05) is 25.4 Å². The molecule has 2 amide bonds. The van der Waals surface area contributed by atoms with E-state index in [0.29, 0.717) is 43.5 Å². The molecule has 3 heterocycles. The summed E-state index contributed by atoms with van der Waals surface area (Å²) < 4.78 is 17.8. The molecule has 2 unspecified atom stereocenters. The molecule has 3 fully saturated rings. The highest BCUT2D eigenvalue weighted by molar-refractivity contribution is 6.04. The van der Waals surface area contributed by atoms with Crippen LogP contribution in [0.4, 0.5) is 5.69 Å². The highest BCUT2D eigenvalue weighted by Gasteiger charge is 2.79. The van der Waals surface area contributed by atoms with Crippen molar-refractivity contribution in [1.82, 2.24) is 4.90 Å². The van der Waals surface area contributed by atoms with Gasteiger partial charge in [0.2, 0.25) is 5.91 Å². The average Bonchev–Trinajstić information content (AvgIpc) is 3.57. The van der Waals surface area contributed by atoms with Gasteiger partial charge in [-0.3, -0.25) is 14.4 Å². The monoisotopic (exact) mass is 554 g/mol. The molecule has 1 N–H and O–H groups in total.